The van der Waals surface area contributed by atoms with E-state index in [2.05, 4.69) is 0 Å². The minimum absolute atomic E-state index is 0.335. The number of hydrogen-bond acceptors (Lipinski definition) is 7. The topological polar surface area (TPSA) is 97.1 Å². The molecule has 2 N–H and O–H groups in total. The molecule has 0 amide bonds. The Morgan fingerprint density at radius 1 is 0.750 bits per heavy atom. The van der Waals surface area contributed by atoms with Gasteiger partial charge in [0.2, 0.25) is 0 Å². The molecule has 2 aromatic carbocycles. The van der Waals surface area contributed by atoms with Gasteiger partial charge in [0.05, 0.1) is 0 Å². The summed E-state index contributed by atoms with van der Waals surface area (Å²) >= 11 is 0. The molecule has 0 aromatic heterocycles. The molecule has 0 unspecified atom stereocenters. The largest absolute Gasteiger partial charge is 0.482 e. The standard InChI is InChI=1S/C16H16NO6P/c17-24(22-15(18)11-20-13-7-3-1-4-8-13)23-16(19)12-21-14-9-5-2-6-10-14/h1-10H,11-12,17H2. The lowest BCUT2D eigenvalue weighted by Gasteiger charge is -2.12. The summed E-state index contributed by atoms with van der Waals surface area (Å²) in [7, 11) is -2.18. The van der Waals surface area contributed by atoms with Gasteiger partial charge in [0.15, 0.2) is 13.2 Å². The average molecular weight is 349 g/mol. The normalized spacial score (nSPS) is 10.1. The first-order chi connectivity index (χ1) is 11.6. The van der Waals surface area contributed by atoms with Crippen LogP contribution in [0.15, 0.2) is 60.7 Å². The van der Waals surface area contributed by atoms with Crippen LogP contribution >= 0.6 is 8.53 Å². The van der Waals surface area contributed by atoms with Gasteiger partial charge >= 0.3 is 20.5 Å². The van der Waals surface area contributed by atoms with E-state index in [1.165, 1.54) is 0 Å². The van der Waals surface area contributed by atoms with E-state index in [0.29, 0.717) is 11.5 Å². The fourth-order valence-corrected chi connectivity index (χ4v) is 2.13. The maximum atomic E-state index is 11.6. The summed E-state index contributed by atoms with van der Waals surface area (Å²) in [4.78, 5) is 23.1. The molecule has 8 heteroatoms. The molecule has 2 rings (SSSR count). The van der Waals surface area contributed by atoms with Crippen LogP contribution in [-0.2, 0) is 18.6 Å². The average Bonchev–Trinajstić information content (AvgIpc) is 2.60. The molecule has 0 aliphatic carbocycles. The first-order valence-corrected chi connectivity index (χ1v) is 8.20. The SMILES string of the molecule is NP(OC(=O)COc1ccccc1)OC(=O)COc1ccccc1. The number of carbonyl (C=O) groups excluding carboxylic acids is 2. The quantitative estimate of drug-likeness (QED) is 0.731. The van der Waals surface area contributed by atoms with Crippen LogP contribution in [0, 0.1) is 0 Å². The Kier molecular flexibility index (Phi) is 7.01. The van der Waals surface area contributed by atoms with Gasteiger partial charge in [-0.2, -0.15) is 0 Å². The molecule has 2 aromatic rings. The van der Waals surface area contributed by atoms with E-state index in [1.54, 1.807) is 48.5 Å². The molecule has 0 heterocycles. The van der Waals surface area contributed by atoms with E-state index in [9.17, 15) is 9.59 Å². The molecule has 24 heavy (non-hydrogen) atoms. The van der Waals surface area contributed by atoms with Crippen LogP contribution in [0.2, 0.25) is 0 Å². The van der Waals surface area contributed by atoms with Crippen molar-refractivity contribution in [1.82, 2.24) is 0 Å². The van der Waals surface area contributed by atoms with Gasteiger partial charge in [-0.25, -0.2) is 15.1 Å². The van der Waals surface area contributed by atoms with E-state index in [4.69, 9.17) is 24.0 Å². The second-order valence-corrected chi connectivity index (χ2v) is 5.35. The Balaban J connectivity index is 1.65. The van der Waals surface area contributed by atoms with Gasteiger partial charge in [-0.3, -0.25) is 0 Å². The van der Waals surface area contributed by atoms with E-state index in [0.717, 1.165) is 0 Å². The van der Waals surface area contributed by atoms with Crippen molar-refractivity contribution in [3.05, 3.63) is 60.7 Å². The van der Waals surface area contributed by atoms with Crippen LogP contribution in [0.3, 0.4) is 0 Å². The van der Waals surface area contributed by atoms with Crippen LogP contribution in [0.4, 0.5) is 0 Å². The summed E-state index contributed by atoms with van der Waals surface area (Å²) in [6, 6.07) is 17.5. The van der Waals surface area contributed by atoms with Crippen molar-refractivity contribution in [1.29, 1.82) is 0 Å². The van der Waals surface area contributed by atoms with Gasteiger partial charge in [-0.05, 0) is 24.3 Å². The van der Waals surface area contributed by atoms with Gasteiger partial charge in [0.25, 0.3) is 0 Å². The molecule has 0 atom stereocenters. The molecule has 0 saturated carbocycles. The Bertz CT molecular complexity index is 595. The van der Waals surface area contributed by atoms with Crippen LogP contribution in [0.5, 0.6) is 11.5 Å². The first kappa shape index (κ1) is 17.7. The predicted molar refractivity (Wildman–Crippen MR) is 87.2 cm³/mol. The van der Waals surface area contributed by atoms with Gasteiger partial charge in [-0.1, -0.05) is 36.4 Å². The molecule has 7 nitrogen and oxygen atoms in total. The van der Waals surface area contributed by atoms with Crippen LogP contribution in [-0.4, -0.2) is 25.2 Å². The molecule has 126 valence electrons. The Hall–Kier alpha value is -2.63. The second kappa shape index (κ2) is 9.50. The van der Waals surface area contributed by atoms with E-state index in [1.807, 2.05) is 12.1 Å². The maximum absolute atomic E-state index is 11.6. The van der Waals surface area contributed by atoms with Crippen molar-refractivity contribution < 1.29 is 28.1 Å². The van der Waals surface area contributed by atoms with Crippen molar-refractivity contribution in [2.45, 2.75) is 0 Å². The fraction of sp³-hybridized carbons (Fsp3) is 0.125. The molecule has 0 spiro atoms. The van der Waals surface area contributed by atoms with Gasteiger partial charge < -0.3 is 18.5 Å². The molecule has 0 radical (unpaired) electrons. The molecule has 0 aliphatic heterocycles. The molecule has 0 bridgehead atoms. The Morgan fingerprint density at radius 2 is 1.12 bits per heavy atom. The summed E-state index contributed by atoms with van der Waals surface area (Å²) in [5, 5.41) is 0. The zero-order valence-corrected chi connectivity index (χ0v) is 13.6. The highest BCUT2D eigenvalue weighted by atomic mass is 31.2. The minimum atomic E-state index is -2.18. The third kappa shape index (κ3) is 6.64. The van der Waals surface area contributed by atoms with E-state index < -0.39 is 20.5 Å². The van der Waals surface area contributed by atoms with E-state index in [-0.39, 0.29) is 13.2 Å². The van der Waals surface area contributed by atoms with Crippen LogP contribution in [0.25, 0.3) is 0 Å². The second-order valence-electron chi connectivity index (χ2n) is 4.42. The highest BCUT2D eigenvalue weighted by Crippen LogP contribution is 2.28. The van der Waals surface area contributed by atoms with Crippen LogP contribution in [0.1, 0.15) is 0 Å². The monoisotopic (exact) mass is 349 g/mol. The van der Waals surface area contributed by atoms with Gasteiger partial charge in [0, 0.05) is 0 Å². The summed E-state index contributed by atoms with van der Waals surface area (Å²) < 4.78 is 19.9. The fourth-order valence-electron chi connectivity index (χ4n) is 1.59. The third-order valence-electron chi connectivity index (χ3n) is 2.58. The number of carbonyl (C=O) groups is 2. The lowest BCUT2D eigenvalue weighted by molar-refractivity contribution is -0.139. The number of ether oxygens (including phenoxy) is 2. The Labute approximate surface area is 140 Å². The number of para-hydroxylation sites is 2. The zero-order chi connectivity index (χ0) is 17.2. The number of rotatable bonds is 8. The number of nitrogens with two attached hydrogens (primary N) is 1. The maximum Gasteiger partial charge on any atom is 0.383 e. The molecule has 0 fully saturated rings. The summed E-state index contributed by atoms with van der Waals surface area (Å²) in [5.74, 6) is -0.429. The molecule has 0 saturated heterocycles. The number of hydrogen-bond donors (Lipinski definition) is 1. The number of benzene rings is 2. The smallest absolute Gasteiger partial charge is 0.383 e. The third-order valence-corrected chi connectivity index (χ3v) is 3.35. The molecule has 0 aliphatic rings. The highest BCUT2D eigenvalue weighted by molar-refractivity contribution is 7.45. The molecular formula is C16H16NO6P. The van der Waals surface area contributed by atoms with Crippen molar-refractivity contribution >= 4 is 20.5 Å². The summed E-state index contributed by atoms with van der Waals surface area (Å²) in [6.07, 6.45) is 0. The minimum Gasteiger partial charge on any atom is -0.482 e. The van der Waals surface area contributed by atoms with Crippen molar-refractivity contribution in [3.63, 3.8) is 0 Å². The predicted octanol–water partition coefficient (Wildman–Crippen LogP) is 2.42. The lowest BCUT2D eigenvalue weighted by atomic mass is 10.3. The van der Waals surface area contributed by atoms with Crippen molar-refractivity contribution in [3.8, 4) is 11.5 Å². The van der Waals surface area contributed by atoms with Gasteiger partial charge in [0.1, 0.15) is 11.5 Å². The lowest BCUT2D eigenvalue weighted by Crippen LogP contribution is -2.19. The molecular weight excluding hydrogens is 333 g/mol. The van der Waals surface area contributed by atoms with Crippen molar-refractivity contribution in [2.24, 2.45) is 5.50 Å². The first-order valence-electron chi connectivity index (χ1n) is 6.95. The summed E-state index contributed by atoms with van der Waals surface area (Å²) in [5.41, 5.74) is 5.48. The van der Waals surface area contributed by atoms with Crippen molar-refractivity contribution in [2.75, 3.05) is 13.2 Å². The van der Waals surface area contributed by atoms with Gasteiger partial charge in [-0.15, -0.1) is 0 Å². The summed E-state index contributed by atoms with van der Waals surface area (Å²) in [6.45, 7) is -0.670. The zero-order valence-electron chi connectivity index (χ0n) is 12.7. The van der Waals surface area contributed by atoms with Crippen LogP contribution < -0.4 is 15.0 Å². The highest BCUT2D eigenvalue weighted by Gasteiger charge is 2.17. The van der Waals surface area contributed by atoms with E-state index >= 15 is 0 Å². The Morgan fingerprint density at radius 3 is 1.50 bits per heavy atom.